The second-order valence-electron chi connectivity index (χ2n) is 0.686. The van der Waals surface area contributed by atoms with Crippen molar-refractivity contribution in [1.29, 1.82) is 0 Å². The predicted octanol–water partition coefficient (Wildman–Crippen LogP) is -1.65. The number of hydrogen-bond acceptors (Lipinski definition) is 4. The molecule has 0 fully saturated rings. The van der Waals surface area contributed by atoms with Crippen LogP contribution in [0.1, 0.15) is 0 Å². The van der Waals surface area contributed by atoms with E-state index in [1.807, 2.05) is 0 Å². The molecular formula is H4NNaO7S. The van der Waals surface area contributed by atoms with Crippen molar-refractivity contribution in [3.05, 3.63) is 10.1 Å². The van der Waals surface area contributed by atoms with Gasteiger partial charge in [-0.25, -0.2) is 0 Å². The molecule has 10 heavy (non-hydrogen) atoms. The van der Waals surface area contributed by atoms with Gasteiger partial charge in [0, 0.05) is 0 Å². The van der Waals surface area contributed by atoms with Crippen molar-refractivity contribution in [2.45, 2.75) is 0 Å². The van der Waals surface area contributed by atoms with Gasteiger partial charge in [0.2, 0.25) is 0 Å². The summed E-state index contributed by atoms with van der Waals surface area (Å²) in [5.74, 6) is 0. The molecule has 0 radical (unpaired) electrons. The van der Waals surface area contributed by atoms with Gasteiger partial charge in [-0.15, -0.1) is 10.1 Å². The Balaban J connectivity index is -0.0000000910. The van der Waals surface area contributed by atoms with Crippen LogP contribution < -0.4 is 0 Å². The van der Waals surface area contributed by atoms with Gasteiger partial charge >= 0.3 is 40.0 Å². The second-order valence-corrected chi connectivity index (χ2v) is 1.58. The molecule has 0 aliphatic rings. The number of rotatable bonds is 0. The van der Waals surface area contributed by atoms with Crippen molar-refractivity contribution in [3.63, 3.8) is 0 Å². The monoisotopic (exact) mass is 185 g/mol. The summed E-state index contributed by atoms with van der Waals surface area (Å²) in [7, 11) is -4.67. The van der Waals surface area contributed by atoms with Crippen LogP contribution >= 0.6 is 0 Å². The summed E-state index contributed by atoms with van der Waals surface area (Å²) in [6.07, 6.45) is 0. The van der Waals surface area contributed by atoms with E-state index in [0.717, 1.165) is 0 Å². The van der Waals surface area contributed by atoms with Gasteiger partial charge in [0.05, 0.1) is 0 Å². The van der Waals surface area contributed by atoms with Crippen LogP contribution in [-0.4, -0.2) is 57.4 Å². The van der Waals surface area contributed by atoms with Crippen LogP contribution in [0.15, 0.2) is 0 Å². The topological polar surface area (TPSA) is 138 Å². The molecule has 10 heteroatoms. The molecule has 0 rings (SSSR count). The Morgan fingerprint density at radius 1 is 1.30 bits per heavy atom. The molecule has 0 aromatic heterocycles. The Bertz CT molecular complexity index is 156. The third-order valence-corrected chi connectivity index (χ3v) is 0. The van der Waals surface area contributed by atoms with Crippen LogP contribution in [0.2, 0.25) is 0 Å². The van der Waals surface area contributed by atoms with Gasteiger partial charge in [-0.2, -0.15) is 8.42 Å². The van der Waals surface area contributed by atoms with Crippen LogP contribution in [-0.2, 0) is 10.4 Å². The van der Waals surface area contributed by atoms with E-state index in [0.29, 0.717) is 0 Å². The molecule has 0 saturated heterocycles. The molecule has 0 aliphatic carbocycles. The Morgan fingerprint density at radius 2 is 1.30 bits per heavy atom. The van der Waals surface area contributed by atoms with Crippen molar-refractivity contribution < 1.29 is 27.8 Å². The molecule has 0 aromatic carbocycles. The standard InChI is InChI=1S/HNO3.Na.H2O4S.H/c2-1(3)4;;1-5(2,3)4;/h(H,2,3,4);;(H2,1,2,3,4);. The predicted molar refractivity (Wildman–Crippen MR) is 30.1 cm³/mol. The quantitative estimate of drug-likeness (QED) is 0.178. The van der Waals surface area contributed by atoms with Crippen molar-refractivity contribution in [1.82, 2.24) is 0 Å². The fourth-order valence-electron chi connectivity index (χ4n) is 0. The fourth-order valence-corrected chi connectivity index (χ4v) is 0. The van der Waals surface area contributed by atoms with E-state index in [4.69, 9.17) is 32.8 Å². The van der Waals surface area contributed by atoms with Crippen LogP contribution in [0, 0.1) is 10.1 Å². The van der Waals surface area contributed by atoms with Gasteiger partial charge in [0.15, 0.2) is 0 Å². The zero-order chi connectivity index (χ0) is 8.08. The molecule has 58 valence electrons. The summed E-state index contributed by atoms with van der Waals surface area (Å²) in [5.41, 5.74) is 0. The Labute approximate surface area is 77.8 Å². The van der Waals surface area contributed by atoms with Crippen LogP contribution in [0.4, 0.5) is 0 Å². The van der Waals surface area contributed by atoms with Gasteiger partial charge in [-0.1, -0.05) is 0 Å². The van der Waals surface area contributed by atoms with E-state index in [1.165, 1.54) is 0 Å². The summed E-state index contributed by atoms with van der Waals surface area (Å²) >= 11 is 0. The average Bonchev–Trinajstić information content (AvgIpc) is 1.19. The molecule has 0 aliphatic heterocycles. The van der Waals surface area contributed by atoms with Gasteiger partial charge in [-0.05, 0) is 0 Å². The molecule has 0 aromatic rings. The van der Waals surface area contributed by atoms with E-state index >= 15 is 0 Å². The molecule has 0 spiro atoms. The van der Waals surface area contributed by atoms with E-state index in [-0.39, 0.29) is 29.6 Å². The molecule has 3 N–H and O–H groups in total. The zero-order valence-corrected chi connectivity index (χ0v) is 4.65. The van der Waals surface area contributed by atoms with Gasteiger partial charge in [0.25, 0.3) is 5.09 Å². The third kappa shape index (κ3) is 82300. The molecule has 0 bridgehead atoms. The summed E-state index contributed by atoms with van der Waals surface area (Å²) in [5, 5.41) is 13.6. The van der Waals surface area contributed by atoms with E-state index < -0.39 is 15.5 Å². The maximum absolute atomic E-state index is 8.74. The van der Waals surface area contributed by atoms with Crippen molar-refractivity contribution in [2.24, 2.45) is 0 Å². The first kappa shape index (κ1) is 16.6. The van der Waals surface area contributed by atoms with Crippen molar-refractivity contribution in [2.75, 3.05) is 0 Å². The van der Waals surface area contributed by atoms with Gasteiger partial charge < -0.3 is 5.21 Å². The molecule has 0 amide bonds. The second kappa shape index (κ2) is 7.18. The summed E-state index contributed by atoms with van der Waals surface area (Å²) in [4.78, 5) is 8.36. The fraction of sp³-hybridized carbons (Fsp3) is 0. The number of hydrogen-bond donors (Lipinski definition) is 3. The van der Waals surface area contributed by atoms with Crippen LogP contribution in [0.25, 0.3) is 0 Å². The molecule has 0 saturated carbocycles. The first-order valence-electron chi connectivity index (χ1n) is 1.26. The van der Waals surface area contributed by atoms with Crippen molar-refractivity contribution in [3.8, 4) is 0 Å². The molecule has 0 atom stereocenters. The average molecular weight is 185 g/mol. The first-order chi connectivity index (χ1) is 3.73. The normalized spacial score (nSPS) is 8.20. The Morgan fingerprint density at radius 3 is 1.30 bits per heavy atom. The third-order valence-electron chi connectivity index (χ3n) is 0. The summed E-state index contributed by atoms with van der Waals surface area (Å²) < 4.78 is 31.6. The summed E-state index contributed by atoms with van der Waals surface area (Å²) in [6.45, 7) is 0. The zero-order valence-electron chi connectivity index (χ0n) is 3.83. The van der Waals surface area contributed by atoms with Crippen molar-refractivity contribution >= 4 is 40.0 Å². The van der Waals surface area contributed by atoms with E-state index in [2.05, 4.69) is 0 Å². The number of nitrogens with zero attached hydrogens (tertiary/aromatic N) is 1. The summed E-state index contributed by atoms with van der Waals surface area (Å²) in [6, 6.07) is 0. The van der Waals surface area contributed by atoms with E-state index in [1.54, 1.807) is 0 Å². The minimum absolute atomic E-state index is 0. The molecule has 0 unspecified atom stereocenters. The van der Waals surface area contributed by atoms with E-state index in [9.17, 15) is 0 Å². The Kier molecular flexibility index (Phi) is 11.9. The molecule has 8 nitrogen and oxygen atoms in total. The van der Waals surface area contributed by atoms with Crippen LogP contribution in [0.3, 0.4) is 0 Å². The molecule has 0 heterocycles. The van der Waals surface area contributed by atoms with Gasteiger partial charge in [0.1, 0.15) is 0 Å². The van der Waals surface area contributed by atoms with Gasteiger partial charge in [-0.3, -0.25) is 9.11 Å². The minimum atomic E-state index is -4.67. The SMILES string of the molecule is O=S(=O)(O)O.O=[N+]([O-])O.[NaH]. The maximum atomic E-state index is 8.74. The van der Waals surface area contributed by atoms with Crippen LogP contribution in [0.5, 0.6) is 0 Å². The molecular weight excluding hydrogens is 181 g/mol. The Hall–Kier alpha value is 0.0700. The first-order valence-corrected chi connectivity index (χ1v) is 2.66.